The number of halogens is 1. The summed E-state index contributed by atoms with van der Waals surface area (Å²) < 4.78 is 33.0. The number of amides is 1. The van der Waals surface area contributed by atoms with E-state index in [-0.39, 0.29) is 36.5 Å². The highest BCUT2D eigenvalue weighted by Gasteiger charge is 2.18. The number of nitrogens with one attached hydrogen (secondary N) is 1. The number of carbonyl (C=O) groups is 1. The molecule has 0 bridgehead atoms. The minimum atomic E-state index is -3.57. The van der Waals surface area contributed by atoms with Gasteiger partial charge >= 0.3 is 6.09 Å². The number of rotatable bonds is 10. The van der Waals surface area contributed by atoms with Crippen molar-refractivity contribution in [3.63, 3.8) is 0 Å². The van der Waals surface area contributed by atoms with Crippen LogP contribution in [0, 0.1) is 0 Å². The van der Waals surface area contributed by atoms with Crippen LogP contribution >= 0.6 is 15.9 Å². The molecular formula is C15H25BrN4O5S. The van der Waals surface area contributed by atoms with Crippen molar-refractivity contribution in [1.82, 2.24) is 14.8 Å². The number of ether oxygens (including phenoxy) is 1. The Balaban J connectivity index is 2.82. The van der Waals surface area contributed by atoms with E-state index in [1.54, 1.807) is 38.9 Å². The van der Waals surface area contributed by atoms with Gasteiger partial charge < -0.3 is 19.6 Å². The number of pyridine rings is 1. The monoisotopic (exact) mass is 452 g/mol. The molecule has 0 atom stereocenters. The van der Waals surface area contributed by atoms with Crippen LogP contribution in [0.25, 0.3) is 0 Å². The zero-order chi connectivity index (χ0) is 19.9. The van der Waals surface area contributed by atoms with Gasteiger partial charge in [-0.1, -0.05) is 0 Å². The molecule has 0 saturated heterocycles. The topological polar surface area (TPSA) is 112 Å². The summed E-state index contributed by atoms with van der Waals surface area (Å²) in [6, 6.07) is 1.35. The molecule has 26 heavy (non-hydrogen) atoms. The SMILES string of the molecule is CC(C)N(CCOc1ncc(Br)cc1NS(=O)(=O)CCN(C)C)C(=O)O. The minimum absolute atomic E-state index is 0.0472. The standard InChI is InChI=1S/C15H25BrN4O5S/c1-11(2)20(15(21)22)5-7-25-14-13(9-12(16)10-17-14)18-26(23,24)8-6-19(3)4/h9-11,18H,5-8H2,1-4H3,(H,21,22). The van der Waals surface area contributed by atoms with Crippen molar-refractivity contribution >= 4 is 37.7 Å². The normalized spacial score (nSPS) is 11.7. The molecule has 1 heterocycles. The Bertz CT molecular complexity index is 712. The lowest BCUT2D eigenvalue weighted by molar-refractivity contribution is 0.120. The summed E-state index contributed by atoms with van der Waals surface area (Å²) >= 11 is 3.25. The van der Waals surface area contributed by atoms with Crippen LogP contribution in [0.1, 0.15) is 13.8 Å². The molecule has 9 nitrogen and oxygen atoms in total. The van der Waals surface area contributed by atoms with Gasteiger partial charge in [0.25, 0.3) is 0 Å². The van der Waals surface area contributed by atoms with Crippen LogP contribution in [0.4, 0.5) is 10.5 Å². The van der Waals surface area contributed by atoms with Crippen molar-refractivity contribution in [2.24, 2.45) is 0 Å². The van der Waals surface area contributed by atoms with Gasteiger partial charge in [0.2, 0.25) is 15.9 Å². The molecule has 0 fully saturated rings. The van der Waals surface area contributed by atoms with Crippen LogP contribution in [-0.2, 0) is 10.0 Å². The van der Waals surface area contributed by atoms with E-state index in [9.17, 15) is 13.2 Å². The molecule has 11 heteroatoms. The fourth-order valence-electron chi connectivity index (χ4n) is 1.95. The van der Waals surface area contributed by atoms with Gasteiger partial charge in [-0.15, -0.1) is 0 Å². The van der Waals surface area contributed by atoms with E-state index in [1.165, 1.54) is 11.1 Å². The second-order valence-electron chi connectivity index (χ2n) is 6.15. The average molecular weight is 453 g/mol. The first-order chi connectivity index (χ1) is 12.0. The summed E-state index contributed by atoms with van der Waals surface area (Å²) in [6.07, 6.45) is 0.432. The lowest BCUT2D eigenvalue weighted by Crippen LogP contribution is -2.38. The molecule has 1 rings (SSSR count). The number of carboxylic acid groups (broad SMARTS) is 1. The molecule has 2 N–H and O–H groups in total. The molecule has 0 aliphatic heterocycles. The molecule has 1 aromatic heterocycles. The second-order valence-corrected chi connectivity index (χ2v) is 8.91. The summed E-state index contributed by atoms with van der Waals surface area (Å²) in [5.41, 5.74) is 0.199. The highest BCUT2D eigenvalue weighted by atomic mass is 79.9. The Hall–Kier alpha value is -1.59. The zero-order valence-electron chi connectivity index (χ0n) is 15.3. The maximum Gasteiger partial charge on any atom is 0.407 e. The maximum atomic E-state index is 12.2. The first kappa shape index (κ1) is 22.5. The van der Waals surface area contributed by atoms with Gasteiger partial charge in [-0.3, -0.25) is 4.72 Å². The first-order valence-electron chi connectivity index (χ1n) is 7.95. The molecule has 0 unspecified atom stereocenters. The molecule has 148 valence electrons. The van der Waals surface area contributed by atoms with Crippen LogP contribution in [0.3, 0.4) is 0 Å². The lowest BCUT2D eigenvalue weighted by Gasteiger charge is -2.23. The zero-order valence-corrected chi connectivity index (χ0v) is 17.7. The quantitative estimate of drug-likeness (QED) is 0.557. The fraction of sp³-hybridized carbons (Fsp3) is 0.600. The molecule has 1 amide bonds. The predicted octanol–water partition coefficient (Wildman–Crippen LogP) is 1.91. The summed E-state index contributed by atoms with van der Waals surface area (Å²) in [6.45, 7) is 4.07. The van der Waals surface area contributed by atoms with Gasteiger partial charge in [0.05, 0.1) is 12.3 Å². The first-order valence-corrected chi connectivity index (χ1v) is 10.4. The molecule has 1 aromatic rings. The van der Waals surface area contributed by atoms with Gasteiger partial charge in [0.1, 0.15) is 12.3 Å². The number of anilines is 1. The number of sulfonamides is 1. The summed E-state index contributed by atoms with van der Waals surface area (Å²) in [5.74, 6) is 0.0160. The van der Waals surface area contributed by atoms with E-state index >= 15 is 0 Å². The summed E-state index contributed by atoms with van der Waals surface area (Å²) in [5, 5.41) is 9.14. The molecule has 0 aromatic carbocycles. The Morgan fingerprint density at radius 1 is 1.38 bits per heavy atom. The van der Waals surface area contributed by atoms with E-state index in [4.69, 9.17) is 9.84 Å². The van der Waals surface area contributed by atoms with E-state index < -0.39 is 16.1 Å². The Morgan fingerprint density at radius 3 is 2.58 bits per heavy atom. The third kappa shape index (κ3) is 7.75. The predicted molar refractivity (Wildman–Crippen MR) is 103 cm³/mol. The average Bonchev–Trinajstić information content (AvgIpc) is 2.50. The Morgan fingerprint density at radius 2 is 2.04 bits per heavy atom. The van der Waals surface area contributed by atoms with Crippen LogP contribution in [0.15, 0.2) is 16.7 Å². The van der Waals surface area contributed by atoms with Crippen LogP contribution in [-0.4, -0.2) is 80.0 Å². The number of hydrogen-bond donors (Lipinski definition) is 2. The van der Waals surface area contributed by atoms with Crippen LogP contribution < -0.4 is 9.46 Å². The molecular weight excluding hydrogens is 428 g/mol. The largest absolute Gasteiger partial charge is 0.474 e. The van der Waals surface area contributed by atoms with E-state index in [0.717, 1.165) is 0 Å². The summed E-state index contributed by atoms with van der Waals surface area (Å²) in [4.78, 5) is 18.2. The third-order valence-corrected chi connectivity index (χ3v) is 5.02. The highest BCUT2D eigenvalue weighted by Crippen LogP contribution is 2.26. The number of aromatic nitrogens is 1. The second kappa shape index (κ2) is 9.93. The van der Waals surface area contributed by atoms with Gasteiger partial charge in [0.15, 0.2) is 0 Å². The van der Waals surface area contributed by atoms with Crippen molar-refractivity contribution < 1.29 is 23.1 Å². The number of hydrogen-bond acceptors (Lipinski definition) is 6. The van der Waals surface area contributed by atoms with Crippen molar-refractivity contribution in [1.29, 1.82) is 0 Å². The molecule has 0 aliphatic rings. The smallest absolute Gasteiger partial charge is 0.407 e. The van der Waals surface area contributed by atoms with Gasteiger partial charge in [-0.05, 0) is 49.9 Å². The van der Waals surface area contributed by atoms with Crippen molar-refractivity contribution in [3.8, 4) is 5.88 Å². The summed E-state index contributed by atoms with van der Waals surface area (Å²) in [7, 11) is -0.00350. The van der Waals surface area contributed by atoms with E-state index in [2.05, 4.69) is 25.6 Å². The molecule has 0 saturated carbocycles. The van der Waals surface area contributed by atoms with Gasteiger partial charge in [0, 0.05) is 23.3 Å². The minimum Gasteiger partial charge on any atom is -0.474 e. The maximum absolute atomic E-state index is 12.2. The van der Waals surface area contributed by atoms with Crippen LogP contribution in [0.2, 0.25) is 0 Å². The van der Waals surface area contributed by atoms with Crippen molar-refractivity contribution in [2.75, 3.05) is 44.3 Å². The number of nitrogens with zero attached hydrogens (tertiary/aromatic N) is 3. The third-order valence-electron chi connectivity index (χ3n) is 3.33. The van der Waals surface area contributed by atoms with Crippen molar-refractivity contribution in [3.05, 3.63) is 16.7 Å². The molecule has 0 aliphatic carbocycles. The van der Waals surface area contributed by atoms with Gasteiger partial charge in [-0.2, -0.15) is 0 Å². The van der Waals surface area contributed by atoms with E-state index in [0.29, 0.717) is 11.0 Å². The van der Waals surface area contributed by atoms with E-state index in [1.807, 2.05) is 0 Å². The molecule has 0 spiro atoms. The Kier molecular flexibility index (Phi) is 8.57. The highest BCUT2D eigenvalue weighted by molar-refractivity contribution is 9.10. The lowest BCUT2D eigenvalue weighted by atomic mass is 10.3. The Labute approximate surface area is 162 Å². The van der Waals surface area contributed by atoms with Gasteiger partial charge in [-0.25, -0.2) is 18.2 Å². The van der Waals surface area contributed by atoms with Crippen molar-refractivity contribution in [2.45, 2.75) is 19.9 Å². The fourth-order valence-corrected chi connectivity index (χ4v) is 3.47. The molecule has 0 radical (unpaired) electrons. The van der Waals surface area contributed by atoms with Crippen LogP contribution in [0.5, 0.6) is 5.88 Å².